The average Bonchev–Trinajstić information content (AvgIpc) is 3.35. The molecule has 0 fully saturated rings. The molecule has 0 unspecified atom stereocenters. The minimum absolute atomic E-state index is 0.454. The summed E-state index contributed by atoms with van der Waals surface area (Å²) in [5, 5.41) is 20.0. The molecule has 4 aromatic rings. The molecule has 196 valence electrons. The van der Waals surface area contributed by atoms with Gasteiger partial charge in [0.25, 0.3) is 0 Å². The molecule has 0 saturated heterocycles. The fraction of sp³-hybridized carbons (Fsp3) is 0.143. The fourth-order valence-corrected chi connectivity index (χ4v) is 4.92. The molecular weight excluding hydrogens is 520 g/mol. The van der Waals surface area contributed by atoms with E-state index in [4.69, 9.17) is 0 Å². The highest BCUT2D eigenvalue weighted by atomic mass is 19.2. The first-order valence-electron chi connectivity index (χ1n) is 11.2. The predicted molar refractivity (Wildman–Crippen MR) is 121 cm³/mol. The van der Waals surface area contributed by atoms with Gasteiger partial charge in [0.1, 0.15) is 12.2 Å². The topological polar surface area (TPSA) is 40.5 Å². The molecule has 6 rings (SSSR count). The van der Waals surface area contributed by atoms with E-state index in [0.717, 1.165) is 11.1 Å². The van der Waals surface area contributed by atoms with Crippen molar-refractivity contribution in [2.75, 3.05) is 0 Å². The van der Waals surface area contributed by atoms with Crippen LogP contribution in [0.4, 0.5) is 35.1 Å². The Morgan fingerprint density at radius 3 is 1.18 bits per heavy atom. The summed E-state index contributed by atoms with van der Waals surface area (Å²) >= 11 is 0. The lowest BCUT2D eigenvalue weighted by molar-refractivity contribution is 0.210. The highest BCUT2D eigenvalue weighted by Crippen LogP contribution is 2.50. The molecule has 38 heavy (non-hydrogen) atoms. The minimum atomic E-state index is -2.53. The Balaban J connectivity index is 0.000000162. The van der Waals surface area contributed by atoms with E-state index in [1.165, 1.54) is 22.3 Å². The van der Waals surface area contributed by atoms with Crippen LogP contribution < -0.4 is 0 Å². The van der Waals surface area contributed by atoms with Gasteiger partial charge in [0.15, 0.2) is 46.5 Å². The quantitative estimate of drug-likeness (QED) is 0.142. The van der Waals surface area contributed by atoms with Crippen molar-refractivity contribution in [3.8, 4) is 22.3 Å². The van der Waals surface area contributed by atoms with Crippen molar-refractivity contribution >= 4 is 0 Å². The lowest BCUT2D eigenvalue weighted by atomic mass is 10.0. The molecule has 0 amide bonds. The van der Waals surface area contributed by atoms with Gasteiger partial charge >= 0.3 is 0 Å². The van der Waals surface area contributed by atoms with Crippen molar-refractivity contribution in [3.05, 3.63) is 116 Å². The van der Waals surface area contributed by atoms with E-state index in [2.05, 4.69) is 50.2 Å². The number of fused-ring (bicyclic) bond motifs is 6. The summed E-state index contributed by atoms with van der Waals surface area (Å²) in [5.41, 5.74) is 1.36. The summed E-state index contributed by atoms with van der Waals surface area (Å²) in [4.78, 5) is 0. The van der Waals surface area contributed by atoms with Gasteiger partial charge in [-0.2, -0.15) is 0 Å². The standard InChI is InChI=1S/C15H14O.C13H2F8O/c1-9-3-5-11-12-6-4-10(2)8-14(12)15(16)13(11)7-9;14-5-1-2-4(8(17)12(21)10(19)6(2)15)13(22)3(1)7(16)11(20)9(5)18/h3-8,15-16H,1-2H3;13,22H. The molecule has 2 nitrogen and oxygen atoms in total. The Morgan fingerprint density at radius 2 is 0.816 bits per heavy atom. The van der Waals surface area contributed by atoms with E-state index in [-0.39, 0.29) is 0 Å². The van der Waals surface area contributed by atoms with Crippen molar-refractivity contribution in [2.45, 2.75) is 26.1 Å². The van der Waals surface area contributed by atoms with Crippen LogP contribution in [-0.4, -0.2) is 10.2 Å². The van der Waals surface area contributed by atoms with Crippen molar-refractivity contribution in [1.82, 2.24) is 0 Å². The van der Waals surface area contributed by atoms with Crippen molar-refractivity contribution in [3.63, 3.8) is 0 Å². The Kier molecular flexibility index (Phi) is 6.07. The molecule has 0 aromatic heterocycles. The van der Waals surface area contributed by atoms with Gasteiger partial charge in [0, 0.05) is 22.3 Å². The largest absolute Gasteiger partial charge is 0.384 e. The van der Waals surface area contributed by atoms with Crippen LogP contribution in [0.3, 0.4) is 0 Å². The summed E-state index contributed by atoms with van der Waals surface area (Å²) in [6.07, 6.45) is -2.98. The number of hydrogen-bond acceptors (Lipinski definition) is 2. The molecular formula is C28H16F8O2. The highest BCUT2D eigenvalue weighted by Gasteiger charge is 2.43. The SMILES string of the molecule is Cc1ccc2c(c1)C(O)c1cc(C)ccc1-2.OC1c2c(F)c(F)c(F)c(F)c2-c2c(F)c(F)c(F)c(F)c21. The van der Waals surface area contributed by atoms with Crippen molar-refractivity contribution in [1.29, 1.82) is 0 Å². The Bertz CT molecular complexity index is 1540. The number of rotatable bonds is 0. The van der Waals surface area contributed by atoms with Gasteiger partial charge < -0.3 is 10.2 Å². The van der Waals surface area contributed by atoms with E-state index < -0.39 is 81.0 Å². The molecule has 0 bridgehead atoms. The summed E-state index contributed by atoms with van der Waals surface area (Å²) < 4.78 is 108. The molecule has 0 atom stereocenters. The first-order chi connectivity index (χ1) is 17.9. The lowest BCUT2D eigenvalue weighted by Crippen LogP contribution is -2.06. The van der Waals surface area contributed by atoms with Crippen LogP contribution in [-0.2, 0) is 0 Å². The van der Waals surface area contributed by atoms with Crippen LogP contribution in [0.15, 0.2) is 36.4 Å². The molecule has 10 heteroatoms. The molecule has 0 spiro atoms. The Morgan fingerprint density at radius 1 is 0.474 bits per heavy atom. The smallest absolute Gasteiger partial charge is 0.198 e. The second kappa shape index (κ2) is 8.92. The first-order valence-corrected chi connectivity index (χ1v) is 11.2. The second-order valence-corrected chi connectivity index (χ2v) is 9.08. The number of aliphatic hydroxyl groups is 2. The van der Waals surface area contributed by atoms with Crippen molar-refractivity contribution in [2.24, 2.45) is 0 Å². The fourth-order valence-electron chi connectivity index (χ4n) is 4.92. The summed E-state index contributed by atoms with van der Waals surface area (Å²) in [6.45, 7) is 4.11. The van der Waals surface area contributed by atoms with Gasteiger partial charge in [0.05, 0.1) is 0 Å². The van der Waals surface area contributed by atoms with E-state index in [9.17, 15) is 45.3 Å². The van der Waals surface area contributed by atoms with E-state index in [0.29, 0.717) is 0 Å². The van der Waals surface area contributed by atoms with E-state index in [1.807, 2.05) is 0 Å². The van der Waals surface area contributed by atoms with Crippen LogP contribution >= 0.6 is 0 Å². The van der Waals surface area contributed by atoms with Gasteiger partial charge in [-0.1, -0.05) is 47.5 Å². The molecule has 0 heterocycles. The van der Waals surface area contributed by atoms with Crippen LogP contribution in [0, 0.1) is 60.4 Å². The number of halogens is 8. The zero-order valence-corrected chi connectivity index (χ0v) is 19.5. The number of aliphatic hydroxyl groups excluding tert-OH is 2. The maximum Gasteiger partial charge on any atom is 0.198 e. The minimum Gasteiger partial charge on any atom is -0.384 e. The number of aryl methyl sites for hydroxylation is 2. The second-order valence-electron chi connectivity index (χ2n) is 9.08. The van der Waals surface area contributed by atoms with E-state index >= 15 is 0 Å². The maximum absolute atomic E-state index is 13.7. The molecule has 2 aliphatic carbocycles. The van der Waals surface area contributed by atoms with Crippen LogP contribution in [0.5, 0.6) is 0 Å². The average molecular weight is 536 g/mol. The van der Waals surface area contributed by atoms with Crippen LogP contribution in [0.1, 0.15) is 45.6 Å². The third-order valence-corrected chi connectivity index (χ3v) is 6.70. The van der Waals surface area contributed by atoms with Crippen LogP contribution in [0.2, 0.25) is 0 Å². The van der Waals surface area contributed by atoms with Gasteiger partial charge in [-0.25, -0.2) is 35.1 Å². The summed E-state index contributed by atoms with van der Waals surface area (Å²) in [5.74, 6) is -17.9. The third-order valence-electron chi connectivity index (χ3n) is 6.70. The number of benzene rings is 4. The Labute approximate surface area is 210 Å². The lowest BCUT2D eigenvalue weighted by Gasteiger charge is -2.09. The zero-order chi connectivity index (χ0) is 27.8. The molecule has 0 aliphatic heterocycles. The van der Waals surface area contributed by atoms with Crippen LogP contribution in [0.25, 0.3) is 22.3 Å². The highest BCUT2D eigenvalue weighted by molar-refractivity contribution is 5.80. The van der Waals surface area contributed by atoms with Gasteiger partial charge in [-0.05, 0) is 36.1 Å². The predicted octanol–water partition coefficient (Wildman–Crippen LogP) is 7.23. The molecule has 4 aromatic carbocycles. The third kappa shape index (κ3) is 3.54. The van der Waals surface area contributed by atoms with Gasteiger partial charge in [-0.3, -0.25) is 0 Å². The zero-order valence-electron chi connectivity index (χ0n) is 19.5. The normalized spacial score (nSPS) is 13.6. The molecule has 0 radical (unpaired) electrons. The molecule has 2 aliphatic rings. The van der Waals surface area contributed by atoms with Crippen molar-refractivity contribution < 1.29 is 45.3 Å². The van der Waals surface area contributed by atoms with Gasteiger partial charge in [0.2, 0.25) is 0 Å². The Hall–Kier alpha value is -3.76. The molecule has 0 saturated carbocycles. The first kappa shape index (κ1) is 25.9. The summed E-state index contributed by atoms with van der Waals surface area (Å²) in [7, 11) is 0. The molecule has 2 N–H and O–H groups in total. The maximum atomic E-state index is 13.7. The summed E-state index contributed by atoms with van der Waals surface area (Å²) in [6, 6.07) is 12.6. The monoisotopic (exact) mass is 536 g/mol. The van der Waals surface area contributed by atoms with Gasteiger partial charge in [-0.15, -0.1) is 0 Å². The van der Waals surface area contributed by atoms with E-state index in [1.54, 1.807) is 0 Å². The number of hydrogen-bond donors (Lipinski definition) is 2.